The SMILES string of the molecule is CCc1cccc2sc(=NC(=O)c3ccnn3C(C)C)n(CC)c12. The molecular weight excluding hydrogens is 320 g/mol. The molecule has 5 nitrogen and oxygen atoms in total. The Morgan fingerprint density at radius 2 is 2.08 bits per heavy atom. The minimum absolute atomic E-state index is 0.126. The Morgan fingerprint density at radius 3 is 2.75 bits per heavy atom. The number of benzene rings is 1. The predicted molar refractivity (Wildman–Crippen MR) is 97.4 cm³/mol. The van der Waals surface area contributed by atoms with Gasteiger partial charge in [-0.1, -0.05) is 30.4 Å². The number of thiazole rings is 1. The van der Waals surface area contributed by atoms with Gasteiger partial charge in [-0.2, -0.15) is 10.1 Å². The summed E-state index contributed by atoms with van der Waals surface area (Å²) in [5.41, 5.74) is 3.00. The number of amides is 1. The molecule has 1 aromatic carbocycles. The van der Waals surface area contributed by atoms with Crippen molar-refractivity contribution < 1.29 is 4.79 Å². The van der Waals surface area contributed by atoms with Gasteiger partial charge in [0.1, 0.15) is 5.69 Å². The standard InChI is InChI=1S/C18H22N4OS/c1-5-13-8-7-9-15-16(13)21(6-2)18(24-15)20-17(23)14-10-11-19-22(14)12(3)4/h7-12H,5-6H2,1-4H3. The molecule has 6 heteroatoms. The van der Waals surface area contributed by atoms with Crippen LogP contribution in [-0.2, 0) is 13.0 Å². The minimum atomic E-state index is -0.243. The summed E-state index contributed by atoms with van der Waals surface area (Å²) in [4.78, 5) is 17.8. The highest BCUT2D eigenvalue weighted by Gasteiger charge is 2.15. The van der Waals surface area contributed by atoms with E-state index < -0.39 is 0 Å². The van der Waals surface area contributed by atoms with Crippen molar-refractivity contribution in [1.82, 2.24) is 14.3 Å². The van der Waals surface area contributed by atoms with E-state index in [1.807, 2.05) is 13.8 Å². The van der Waals surface area contributed by atoms with Crippen LogP contribution >= 0.6 is 11.3 Å². The molecule has 0 aliphatic heterocycles. The predicted octanol–water partition coefficient (Wildman–Crippen LogP) is 3.80. The van der Waals surface area contributed by atoms with Crippen molar-refractivity contribution >= 4 is 27.5 Å². The first-order chi connectivity index (χ1) is 11.6. The molecular formula is C18H22N4OS. The van der Waals surface area contributed by atoms with Gasteiger partial charge in [-0.3, -0.25) is 9.48 Å². The summed E-state index contributed by atoms with van der Waals surface area (Å²) >= 11 is 1.56. The lowest BCUT2D eigenvalue weighted by Crippen LogP contribution is -2.18. The maximum Gasteiger partial charge on any atom is 0.297 e. The Balaban J connectivity index is 2.17. The summed E-state index contributed by atoms with van der Waals surface area (Å²) < 4.78 is 5.01. The molecule has 1 amide bonds. The van der Waals surface area contributed by atoms with Gasteiger partial charge in [0.15, 0.2) is 4.80 Å². The van der Waals surface area contributed by atoms with Crippen molar-refractivity contribution in [1.29, 1.82) is 0 Å². The van der Waals surface area contributed by atoms with Crippen LogP contribution in [0.15, 0.2) is 35.5 Å². The average molecular weight is 342 g/mol. The summed E-state index contributed by atoms with van der Waals surface area (Å²) in [5.74, 6) is -0.243. The molecule has 0 aliphatic carbocycles. The molecule has 0 radical (unpaired) electrons. The van der Waals surface area contributed by atoms with Crippen LogP contribution < -0.4 is 4.80 Å². The van der Waals surface area contributed by atoms with Crippen molar-refractivity contribution in [2.24, 2.45) is 4.99 Å². The van der Waals surface area contributed by atoms with E-state index in [9.17, 15) is 4.79 Å². The van der Waals surface area contributed by atoms with E-state index in [2.05, 4.69) is 46.7 Å². The number of para-hydroxylation sites is 1. The van der Waals surface area contributed by atoms with Gasteiger partial charge >= 0.3 is 0 Å². The summed E-state index contributed by atoms with van der Waals surface area (Å²) in [6.07, 6.45) is 2.61. The second-order valence-corrected chi connectivity index (χ2v) is 6.93. The fourth-order valence-electron chi connectivity index (χ4n) is 2.91. The van der Waals surface area contributed by atoms with Crippen molar-refractivity contribution in [2.45, 2.75) is 46.7 Å². The van der Waals surface area contributed by atoms with Crippen LogP contribution in [0.4, 0.5) is 0 Å². The number of aryl methyl sites for hydroxylation is 2. The zero-order valence-electron chi connectivity index (χ0n) is 14.5. The molecule has 2 heterocycles. The van der Waals surface area contributed by atoms with Crippen molar-refractivity contribution in [2.75, 3.05) is 0 Å². The number of hydrogen-bond acceptors (Lipinski definition) is 3. The topological polar surface area (TPSA) is 52.2 Å². The van der Waals surface area contributed by atoms with Gasteiger partial charge in [0.25, 0.3) is 5.91 Å². The summed E-state index contributed by atoms with van der Waals surface area (Å²) in [6.45, 7) is 9.02. The van der Waals surface area contributed by atoms with E-state index >= 15 is 0 Å². The Hall–Kier alpha value is -2.21. The molecule has 0 atom stereocenters. The lowest BCUT2D eigenvalue weighted by molar-refractivity contribution is 0.0986. The Morgan fingerprint density at radius 1 is 1.29 bits per heavy atom. The molecule has 2 aromatic heterocycles. The highest BCUT2D eigenvalue weighted by Crippen LogP contribution is 2.22. The van der Waals surface area contributed by atoms with Gasteiger partial charge < -0.3 is 4.57 Å². The van der Waals surface area contributed by atoms with Crippen LogP contribution in [0.2, 0.25) is 0 Å². The molecule has 0 saturated carbocycles. The molecule has 0 bridgehead atoms. The quantitative estimate of drug-likeness (QED) is 0.724. The average Bonchev–Trinajstić information content (AvgIpc) is 3.18. The third-order valence-electron chi connectivity index (χ3n) is 4.06. The third kappa shape index (κ3) is 2.82. The first kappa shape index (κ1) is 16.6. The monoisotopic (exact) mass is 342 g/mol. The van der Waals surface area contributed by atoms with Crippen LogP contribution in [0.25, 0.3) is 10.2 Å². The van der Waals surface area contributed by atoms with E-state index in [-0.39, 0.29) is 11.9 Å². The first-order valence-corrected chi connectivity index (χ1v) is 9.12. The summed E-state index contributed by atoms with van der Waals surface area (Å²) in [6, 6.07) is 8.15. The van der Waals surface area contributed by atoms with Crippen LogP contribution in [-0.4, -0.2) is 20.3 Å². The largest absolute Gasteiger partial charge is 0.316 e. The summed E-state index contributed by atoms with van der Waals surface area (Å²) in [5, 5.41) is 4.22. The van der Waals surface area contributed by atoms with Gasteiger partial charge in [0, 0.05) is 18.8 Å². The number of carbonyl (C=O) groups excluding carboxylic acids is 1. The molecule has 0 unspecified atom stereocenters. The zero-order chi connectivity index (χ0) is 17.3. The fraction of sp³-hybridized carbons (Fsp3) is 0.389. The lowest BCUT2D eigenvalue weighted by atomic mass is 10.1. The molecule has 0 N–H and O–H groups in total. The van der Waals surface area contributed by atoms with Crippen molar-refractivity contribution in [3.8, 4) is 0 Å². The number of hydrogen-bond donors (Lipinski definition) is 0. The number of carbonyl (C=O) groups is 1. The highest BCUT2D eigenvalue weighted by molar-refractivity contribution is 7.16. The lowest BCUT2D eigenvalue weighted by Gasteiger charge is -2.08. The summed E-state index contributed by atoms with van der Waals surface area (Å²) in [7, 11) is 0. The first-order valence-electron chi connectivity index (χ1n) is 8.30. The number of rotatable bonds is 4. The second-order valence-electron chi connectivity index (χ2n) is 5.92. The molecule has 0 fully saturated rings. The Bertz CT molecular complexity index is 945. The van der Waals surface area contributed by atoms with Crippen LogP contribution in [0.1, 0.15) is 49.8 Å². The third-order valence-corrected chi connectivity index (χ3v) is 5.10. The van der Waals surface area contributed by atoms with Gasteiger partial charge in [0.05, 0.1) is 10.2 Å². The smallest absolute Gasteiger partial charge is 0.297 e. The number of fused-ring (bicyclic) bond motifs is 1. The zero-order valence-corrected chi connectivity index (χ0v) is 15.3. The van der Waals surface area contributed by atoms with Crippen LogP contribution in [0.3, 0.4) is 0 Å². The van der Waals surface area contributed by atoms with E-state index in [4.69, 9.17) is 0 Å². The second kappa shape index (κ2) is 6.73. The molecule has 3 rings (SSSR count). The van der Waals surface area contributed by atoms with Gasteiger partial charge in [-0.15, -0.1) is 0 Å². The minimum Gasteiger partial charge on any atom is -0.316 e. The normalized spacial score (nSPS) is 12.5. The maximum atomic E-state index is 12.7. The van der Waals surface area contributed by atoms with Gasteiger partial charge in [-0.25, -0.2) is 0 Å². The molecule has 24 heavy (non-hydrogen) atoms. The fourth-order valence-corrected chi connectivity index (χ4v) is 4.05. The Labute approximate surface area is 145 Å². The Kier molecular flexibility index (Phi) is 4.66. The molecule has 126 valence electrons. The van der Waals surface area contributed by atoms with Crippen molar-refractivity contribution in [3.05, 3.63) is 46.5 Å². The highest BCUT2D eigenvalue weighted by atomic mass is 32.1. The molecule has 0 aliphatic rings. The number of nitrogens with zero attached hydrogens (tertiary/aromatic N) is 4. The van der Waals surface area contributed by atoms with E-state index in [1.54, 1.807) is 28.3 Å². The maximum absolute atomic E-state index is 12.7. The van der Waals surface area contributed by atoms with E-state index in [1.165, 1.54) is 15.8 Å². The molecule has 0 spiro atoms. The van der Waals surface area contributed by atoms with E-state index in [0.29, 0.717) is 5.69 Å². The molecule has 3 aromatic rings. The van der Waals surface area contributed by atoms with E-state index in [0.717, 1.165) is 17.8 Å². The van der Waals surface area contributed by atoms with Crippen molar-refractivity contribution in [3.63, 3.8) is 0 Å². The number of aromatic nitrogens is 3. The molecule has 0 saturated heterocycles. The van der Waals surface area contributed by atoms with Crippen LogP contribution in [0.5, 0.6) is 0 Å². The van der Waals surface area contributed by atoms with Gasteiger partial charge in [0.2, 0.25) is 0 Å². The van der Waals surface area contributed by atoms with Crippen LogP contribution in [0, 0.1) is 0 Å². The van der Waals surface area contributed by atoms with Gasteiger partial charge in [-0.05, 0) is 44.9 Å².